The van der Waals surface area contributed by atoms with Gasteiger partial charge in [-0.25, -0.2) is 4.98 Å². The summed E-state index contributed by atoms with van der Waals surface area (Å²) in [5, 5.41) is 0. The number of ether oxygens (including phenoxy) is 1. The van der Waals surface area contributed by atoms with Gasteiger partial charge in [0.15, 0.2) is 0 Å². The second kappa shape index (κ2) is 3.87. The minimum atomic E-state index is 0.220. The molecule has 1 heterocycles. The molecule has 0 aliphatic carbocycles. The SMILES string of the molecule is COc1cc(CCN)nc(N)n1. The molecule has 0 amide bonds. The van der Waals surface area contributed by atoms with Gasteiger partial charge in [-0.3, -0.25) is 0 Å². The van der Waals surface area contributed by atoms with Gasteiger partial charge in [0.05, 0.1) is 12.8 Å². The maximum atomic E-state index is 5.42. The third kappa shape index (κ3) is 2.06. The molecular weight excluding hydrogens is 156 g/mol. The number of nitrogen functional groups attached to an aromatic ring is 1. The number of anilines is 1. The fourth-order valence-electron chi connectivity index (χ4n) is 0.873. The van der Waals surface area contributed by atoms with Crippen LogP contribution in [0, 0.1) is 0 Å². The molecule has 0 fully saturated rings. The van der Waals surface area contributed by atoms with E-state index in [0.29, 0.717) is 18.8 Å². The Morgan fingerprint density at radius 1 is 1.50 bits per heavy atom. The van der Waals surface area contributed by atoms with Crippen molar-refractivity contribution < 1.29 is 4.74 Å². The molecule has 0 atom stereocenters. The van der Waals surface area contributed by atoms with Crippen molar-refractivity contribution in [3.8, 4) is 5.88 Å². The summed E-state index contributed by atoms with van der Waals surface area (Å²) in [4.78, 5) is 7.82. The molecule has 0 aliphatic heterocycles. The largest absolute Gasteiger partial charge is 0.481 e. The molecule has 5 nitrogen and oxygen atoms in total. The molecule has 1 aromatic heterocycles. The number of nitrogens with zero attached hydrogens (tertiary/aromatic N) is 2. The van der Waals surface area contributed by atoms with Crippen molar-refractivity contribution in [1.29, 1.82) is 0 Å². The van der Waals surface area contributed by atoms with Gasteiger partial charge in [0.25, 0.3) is 0 Å². The first-order valence-corrected chi connectivity index (χ1v) is 3.63. The van der Waals surface area contributed by atoms with Gasteiger partial charge in [0.2, 0.25) is 11.8 Å². The minimum absolute atomic E-state index is 0.220. The van der Waals surface area contributed by atoms with Crippen LogP contribution in [0.25, 0.3) is 0 Å². The fraction of sp³-hybridized carbons (Fsp3) is 0.429. The average molecular weight is 168 g/mol. The molecule has 0 aliphatic rings. The highest BCUT2D eigenvalue weighted by Gasteiger charge is 2.00. The average Bonchev–Trinajstić information content (AvgIpc) is 2.04. The zero-order chi connectivity index (χ0) is 8.97. The summed E-state index contributed by atoms with van der Waals surface area (Å²) in [5.41, 5.74) is 11.6. The van der Waals surface area contributed by atoms with E-state index in [1.54, 1.807) is 6.07 Å². The highest BCUT2D eigenvalue weighted by Crippen LogP contribution is 2.09. The Bertz CT molecular complexity index is 264. The third-order valence-corrected chi connectivity index (χ3v) is 1.38. The van der Waals surface area contributed by atoms with Crippen molar-refractivity contribution in [2.75, 3.05) is 19.4 Å². The second-order valence-corrected chi connectivity index (χ2v) is 2.30. The first kappa shape index (κ1) is 8.73. The number of methoxy groups -OCH3 is 1. The molecule has 0 saturated heterocycles. The van der Waals surface area contributed by atoms with E-state index in [9.17, 15) is 0 Å². The molecule has 1 aromatic rings. The van der Waals surface area contributed by atoms with Crippen molar-refractivity contribution in [3.63, 3.8) is 0 Å². The predicted molar refractivity (Wildman–Crippen MR) is 45.8 cm³/mol. The van der Waals surface area contributed by atoms with E-state index >= 15 is 0 Å². The molecule has 0 aromatic carbocycles. The van der Waals surface area contributed by atoms with Gasteiger partial charge in [-0.15, -0.1) is 0 Å². The number of hydrogen-bond donors (Lipinski definition) is 2. The molecule has 12 heavy (non-hydrogen) atoms. The predicted octanol–water partition coefficient (Wildman–Crippen LogP) is -0.431. The van der Waals surface area contributed by atoms with E-state index in [4.69, 9.17) is 16.2 Å². The van der Waals surface area contributed by atoms with E-state index in [2.05, 4.69) is 9.97 Å². The normalized spacial score (nSPS) is 9.83. The maximum Gasteiger partial charge on any atom is 0.223 e. The van der Waals surface area contributed by atoms with Crippen LogP contribution in [0.5, 0.6) is 5.88 Å². The second-order valence-electron chi connectivity index (χ2n) is 2.30. The van der Waals surface area contributed by atoms with Gasteiger partial charge in [0.1, 0.15) is 0 Å². The first-order valence-electron chi connectivity index (χ1n) is 3.63. The Morgan fingerprint density at radius 2 is 2.25 bits per heavy atom. The Morgan fingerprint density at radius 3 is 2.83 bits per heavy atom. The Labute approximate surface area is 70.8 Å². The summed E-state index contributed by atoms with van der Waals surface area (Å²) in [6.07, 6.45) is 0.684. The van der Waals surface area contributed by atoms with Crippen LogP contribution in [-0.4, -0.2) is 23.6 Å². The van der Waals surface area contributed by atoms with E-state index < -0.39 is 0 Å². The van der Waals surface area contributed by atoms with Crippen molar-refractivity contribution in [3.05, 3.63) is 11.8 Å². The molecule has 0 radical (unpaired) electrons. The van der Waals surface area contributed by atoms with Gasteiger partial charge in [0, 0.05) is 12.5 Å². The van der Waals surface area contributed by atoms with Gasteiger partial charge in [-0.2, -0.15) is 4.98 Å². The summed E-state index contributed by atoms with van der Waals surface area (Å²) in [5.74, 6) is 0.698. The van der Waals surface area contributed by atoms with E-state index in [-0.39, 0.29) is 5.95 Å². The van der Waals surface area contributed by atoms with Crippen LogP contribution in [0.2, 0.25) is 0 Å². The van der Waals surface area contributed by atoms with Crippen molar-refractivity contribution in [2.45, 2.75) is 6.42 Å². The molecular formula is C7H12N4O. The standard InChI is InChI=1S/C7H12N4O/c1-12-6-4-5(2-3-8)10-7(9)11-6/h4H,2-3,8H2,1H3,(H2,9,10,11). The third-order valence-electron chi connectivity index (χ3n) is 1.38. The number of nitrogens with two attached hydrogens (primary N) is 2. The molecule has 0 bridgehead atoms. The van der Waals surface area contributed by atoms with Crippen LogP contribution < -0.4 is 16.2 Å². The zero-order valence-electron chi connectivity index (χ0n) is 6.95. The first-order chi connectivity index (χ1) is 5.76. The van der Waals surface area contributed by atoms with Gasteiger partial charge < -0.3 is 16.2 Å². The van der Waals surface area contributed by atoms with Crippen LogP contribution in [0.3, 0.4) is 0 Å². The molecule has 0 spiro atoms. The molecule has 1 rings (SSSR count). The monoisotopic (exact) mass is 168 g/mol. The van der Waals surface area contributed by atoms with Crippen molar-refractivity contribution in [1.82, 2.24) is 9.97 Å². The molecule has 5 heteroatoms. The molecule has 0 unspecified atom stereocenters. The zero-order valence-corrected chi connectivity index (χ0v) is 6.95. The molecule has 66 valence electrons. The Kier molecular flexibility index (Phi) is 2.82. The lowest BCUT2D eigenvalue weighted by Gasteiger charge is -2.02. The smallest absolute Gasteiger partial charge is 0.223 e. The summed E-state index contributed by atoms with van der Waals surface area (Å²) >= 11 is 0. The number of hydrogen-bond acceptors (Lipinski definition) is 5. The van der Waals surface area contributed by atoms with Crippen LogP contribution in [0.4, 0.5) is 5.95 Å². The Hall–Kier alpha value is -1.36. The summed E-state index contributed by atoms with van der Waals surface area (Å²) in [7, 11) is 1.54. The van der Waals surface area contributed by atoms with E-state index in [1.807, 2.05) is 0 Å². The van der Waals surface area contributed by atoms with Crippen LogP contribution in [0.1, 0.15) is 5.69 Å². The summed E-state index contributed by atoms with van der Waals surface area (Å²) in [6.45, 7) is 0.541. The number of aromatic nitrogens is 2. The van der Waals surface area contributed by atoms with E-state index in [0.717, 1.165) is 5.69 Å². The Balaban J connectivity index is 2.90. The highest BCUT2D eigenvalue weighted by molar-refractivity contribution is 5.26. The molecule has 0 saturated carbocycles. The lowest BCUT2D eigenvalue weighted by Crippen LogP contribution is -2.07. The van der Waals surface area contributed by atoms with Crippen LogP contribution >= 0.6 is 0 Å². The van der Waals surface area contributed by atoms with Gasteiger partial charge in [-0.05, 0) is 6.54 Å². The van der Waals surface area contributed by atoms with Gasteiger partial charge in [-0.1, -0.05) is 0 Å². The minimum Gasteiger partial charge on any atom is -0.481 e. The topological polar surface area (TPSA) is 87.0 Å². The maximum absolute atomic E-state index is 5.42. The lowest BCUT2D eigenvalue weighted by atomic mass is 10.3. The highest BCUT2D eigenvalue weighted by atomic mass is 16.5. The van der Waals surface area contributed by atoms with Gasteiger partial charge >= 0.3 is 0 Å². The van der Waals surface area contributed by atoms with Crippen molar-refractivity contribution in [2.24, 2.45) is 5.73 Å². The summed E-state index contributed by atoms with van der Waals surface area (Å²) in [6, 6.07) is 1.73. The number of rotatable bonds is 3. The lowest BCUT2D eigenvalue weighted by molar-refractivity contribution is 0.397. The van der Waals surface area contributed by atoms with Crippen LogP contribution in [0.15, 0.2) is 6.07 Å². The van der Waals surface area contributed by atoms with Crippen LogP contribution in [-0.2, 0) is 6.42 Å². The summed E-state index contributed by atoms with van der Waals surface area (Å²) < 4.78 is 4.91. The van der Waals surface area contributed by atoms with E-state index in [1.165, 1.54) is 7.11 Å². The molecule has 4 N–H and O–H groups in total. The quantitative estimate of drug-likeness (QED) is 0.639. The van der Waals surface area contributed by atoms with Crippen molar-refractivity contribution >= 4 is 5.95 Å². The fourth-order valence-corrected chi connectivity index (χ4v) is 0.873.